The van der Waals surface area contributed by atoms with Gasteiger partial charge in [0.25, 0.3) is 0 Å². The molecule has 0 saturated heterocycles. The van der Waals surface area contributed by atoms with E-state index in [9.17, 15) is 22.4 Å². The number of nitrogens with one attached hydrogen (secondary N) is 1. The molecule has 7 nitrogen and oxygen atoms in total. The van der Waals surface area contributed by atoms with Gasteiger partial charge in [0.1, 0.15) is 17.9 Å². The SMILES string of the molecule is COCc1cc(Oc2ccc3c(ccn3C(=O)Nc3ccc(F)c(C(F)(F)F)c3)c2)ncn1. The van der Waals surface area contributed by atoms with Crippen molar-refractivity contribution in [2.45, 2.75) is 12.8 Å². The van der Waals surface area contributed by atoms with E-state index >= 15 is 0 Å². The quantitative estimate of drug-likeness (QED) is 0.392. The minimum Gasteiger partial charge on any atom is -0.439 e. The maximum Gasteiger partial charge on any atom is 0.419 e. The van der Waals surface area contributed by atoms with Crippen LogP contribution in [0, 0.1) is 5.82 Å². The summed E-state index contributed by atoms with van der Waals surface area (Å²) < 4.78 is 64.2. The Morgan fingerprint density at radius 1 is 1.09 bits per heavy atom. The second kappa shape index (κ2) is 8.87. The molecule has 0 atom stereocenters. The maximum absolute atomic E-state index is 13.5. The fourth-order valence-electron chi connectivity index (χ4n) is 3.15. The number of carbonyl (C=O) groups excluding carboxylic acids is 1. The van der Waals surface area contributed by atoms with Crippen molar-refractivity contribution < 1.29 is 31.8 Å². The number of ether oxygens (including phenoxy) is 2. The molecule has 0 saturated carbocycles. The second-order valence-electron chi connectivity index (χ2n) is 6.91. The van der Waals surface area contributed by atoms with Crippen molar-refractivity contribution in [2.24, 2.45) is 0 Å². The van der Waals surface area contributed by atoms with E-state index in [0.29, 0.717) is 47.0 Å². The summed E-state index contributed by atoms with van der Waals surface area (Å²) in [5.41, 5.74) is -0.523. The number of fused-ring (bicyclic) bond motifs is 1. The summed E-state index contributed by atoms with van der Waals surface area (Å²) >= 11 is 0. The Morgan fingerprint density at radius 2 is 1.91 bits per heavy atom. The Kier molecular flexibility index (Phi) is 5.97. The molecule has 2 aromatic heterocycles. The van der Waals surface area contributed by atoms with E-state index in [4.69, 9.17) is 9.47 Å². The maximum atomic E-state index is 13.5. The molecule has 0 aliphatic carbocycles. The van der Waals surface area contributed by atoms with Crippen molar-refractivity contribution in [1.82, 2.24) is 14.5 Å². The van der Waals surface area contributed by atoms with E-state index in [-0.39, 0.29) is 5.69 Å². The highest BCUT2D eigenvalue weighted by atomic mass is 19.4. The van der Waals surface area contributed by atoms with Crippen molar-refractivity contribution in [1.29, 1.82) is 0 Å². The molecule has 0 aliphatic heterocycles. The van der Waals surface area contributed by atoms with Gasteiger partial charge in [0.15, 0.2) is 0 Å². The Morgan fingerprint density at radius 3 is 2.67 bits per heavy atom. The number of hydrogen-bond donors (Lipinski definition) is 1. The topological polar surface area (TPSA) is 78.3 Å². The van der Waals surface area contributed by atoms with E-state index in [2.05, 4.69) is 15.3 Å². The lowest BCUT2D eigenvalue weighted by Crippen LogP contribution is -2.19. The first-order valence-corrected chi connectivity index (χ1v) is 9.51. The third kappa shape index (κ3) is 4.93. The smallest absolute Gasteiger partial charge is 0.419 e. The monoisotopic (exact) mass is 460 g/mol. The van der Waals surface area contributed by atoms with Gasteiger partial charge in [-0.25, -0.2) is 19.2 Å². The van der Waals surface area contributed by atoms with Gasteiger partial charge in [-0.1, -0.05) is 0 Å². The van der Waals surface area contributed by atoms with Gasteiger partial charge in [-0.15, -0.1) is 0 Å². The minimum atomic E-state index is -4.88. The summed E-state index contributed by atoms with van der Waals surface area (Å²) in [5.74, 6) is -0.654. The Bertz CT molecular complexity index is 1320. The molecular weight excluding hydrogens is 444 g/mol. The molecule has 1 N–H and O–H groups in total. The molecule has 33 heavy (non-hydrogen) atoms. The number of anilines is 1. The van der Waals surface area contributed by atoms with Crippen LogP contribution in [0.3, 0.4) is 0 Å². The number of benzene rings is 2. The summed E-state index contributed by atoms with van der Waals surface area (Å²) in [6.45, 7) is 0.300. The third-order valence-electron chi connectivity index (χ3n) is 4.62. The molecule has 0 spiro atoms. The first-order chi connectivity index (χ1) is 15.7. The summed E-state index contributed by atoms with van der Waals surface area (Å²) in [6.07, 6.45) is -2.07. The number of methoxy groups -OCH3 is 1. The number of hydrogen-bond acceptors (Lipinski definition) is 5. The number of nitrogens with zero attached hydrogens (tertiary/aromatic N) is 3. The molecule has 0 bridgehead atoms. The lowest BCUT2D eigenvalue weighted by atomic mass is 10.2. The van der Waals surface area contributed by atoms with Crippen LogP contribution in [0.1, 0.15) is 11.3 Å². The molecule has 170 valence electrons. The Balaban J connectivity index is 1.54. The van der Waals surface area contributed by atoms with Crippen molar-refractivity contribution in [3.8, 4) is 11.6 Å². The van der Waals surface area contributed by atoms with E-state index in [1.807, 2.05) is 0 Å². The van der Waals surface area contributed by atoms with Crippen LogP contribution >= 0.6 is 0 Å². The lowest BCUT2D eigenvalue weighted by molar-refractivity contribution is -0.139. The molecule has 1 amide bonds. The van der Waals surface area contributed by atoms with Crippen LogP contribution < -0.4 is 10.1 Å². The van der Waals surface area contributed by atoms with Crippen LogP contribution in [-0.2, 0) is 17.5 Å². The van der Waals surface area contributed by atoms with Crippen LogP contribution in [0.5, 0.6) is 11.6 Å². The van der Waals surface area contributed by atoms with Gasteiger partial charge >= 0.3 is 12.2 Å². The van der Waals surface area contributed by atoms with Gasteiger partial charge in [-0.3, -0.25) is 4.57 Å². The normalized spacial score (nSPS) is 11.5. The van der Waals surface area contributed by atoms with Gasteiger partial charge in [0.2, 0.25) is 5.88 Å². The molecular formula is C22H16F4N4O3. The van der Waals surface area contributed by atoms with Gasteiger partial charge in [-0.05, 0) is 42.5 Å². The van der Waals surface area contributed by atoms with Crippen LogP contribution in [-0.4, -0.2) is 27.7 Å². The zero-order chi connectivity index (χ0) is 23.6. The molecule has 0 unspecified atom stereocenters. The van der Waals surface area contributed by atoms with Crippen molar-refractivity contribution in [3.05, 3.63) is 78.1 Å². The summed E-state index contributed by atoms with van der Waals surface area (Å²) in [4.78, 5) is 20.7. The zero-order valence-electron chi connectivity index (χ0n) is 17.1. The molecule has 2 heterocycles. The van der Waals surface area contributed by atoms with Crippen molar-refractivity contribution in [3.63, 3.8) is 0 Å². The summed E-state index contributed by atoms with van der Waals surface area (Å²) in [6, 6.07) is 9.73. The van der Waals surface area contributed by atoms with Crippen LogP contribution in [0.4, 0.5) is 28.0 Å². The molecule has 4 aromatic rings. The standard InChI is InChI=1S/C22H16F4N4O3/c1-32-11-15-10-20(28-12-27-15)33-16-3-5-19-13(8-16)6-7-30(19)21(31)29-14-2-4-18(23)17(9-14)22(24,25)26/h2-10,12H,11H2,1H3,(H,29,31). The van der Waals surface area contributed by atoms with Gasteiger partial charge in [-0.2, -0.15) is 13.2 Å². The third-order valence-corrected chi connectivity index (χ3v) is 4.62. The predicted molar refractivity (Wildman–Crippen MR) is 111 cm³/mol. The van der Waals surface area contributed by atoms with Crippen LogP contribution in [0.15, 0.2) is 61.1 Å². The Hall–Kier alpha value is -3.99. The molecule has 0 fully saturated rings. The van der Waals surface area contributed by atoms with Gasteiger partial charge < -0.3 is 14.8 Å². The average molecular weight is 460 g/mol. The largest absolute Gasteiger partial charge is 0.439 e. The summed E-state index contributed by atoms with van der Waals surface area (Å²) in [7, 11) is 1.54. The van der Waals surface area contributed by atoms with Gasteiger partial charge in [0.05, 0.1) is 23.4 Å². The molecule has 11 heteroatoms. The highest BCUT2D eigenvalue weighted by molar-refractivity contribution is 5.98. The minimum absolute atomic E-state index is 0.189. The van der Waals surface area contributed by atoms with E-state index in [1.165, 1.54) is 17.1 Å². The van der Waals surface area contributed by atoms with Crippen LogP contribution in [0.25, 0.3) is 10.9 Å². The fourth-order valence-corrected chi connectivity index (χ4v) is 3.15. The summed E-state index contributed by atoms with van der Waals surface area (Å²) in [5, 5.41) is 2.99. The number of halogens is 4. The Labute approximate surface area is 184 Å². The number of alkyl halides is 3. The molecule has 2 aromatic carbocycles. The van der Waals surface area contributed by atoms with Gasteiger partial charge in [0, 0.05) is 30.4 Å². The average Bonchev–Trinajstić information content (AvgIpc) is 3.18. The van der Waals surface area contributed by atoms with E-state index in [1.54, 1.807) is 37.4 Å². The highest BCUT2D eigenvalue weighted by Crippen LogP contribution is 2.33. The van der Waals surface area contributed by atoms with E-state index < -0.39 is 23.6 Å². The van der Waals surface area contributed by atoms with Crippen LogP contribution in [0.2, 0.25) is 0 Å². The molecule has 4 rings (SSSR count). The van der Waals surface area contributed by atoms with E-state index in [0.717, 1.165) is 6.07 Å². The predicted octanol–water partition coefficient (Wildman–Crippen LogP) is 5.61. The fraction of sp³-hybridized carbons (Fsp3) is 0.136. The number of carbonyl (C=O) groups is 1. The number of aromatic nitrogens is 3. The molecule has 0 radical (unpaired) electrons. The first-order valence-electron chi connectivity index (χ1n) is 9.51. The second-order valence-corrected chi connectivity index (χ2v) is 6.91. The van der Waals surface area contributed by atoms with Crippen molar-refractivity contribution in [2.75, 3.05) is 12.4 Å². The molecule has 0 aliphatic rings. The number of amides is 1. The zero-order valence-corrected chi connectivity index (χ0v) is 17.1. The number of rotatable bonds is 5. The lowest BCUT2D eigenvalue weighted by Gasteiger charge is -2.12. The van der Waals surface area contributed by atoms with Crippen molar-refractivity contribution >= 4 is 22.6 Å². The first kappa shape index (κ1) is 22.2. The highest BCUT2D eigenvalue weighted by Gasteiger charge is 2.34.